The second-order valence-electron chi connectivity index (χ2n) is 3.61. The molecular weight excluding hydrogens is 223 g/mol. The Morgan fingerprint density at radius 3 is 2.88 bits per heavy atom. The average Bonchev–Trinajstić information content (AvgIpc) is 2.84. The number of carbonyl (C=O) groups excluding carboxylic acids is 1. The Labute approximate surface area is 97.3 Å². The predicted octanol–water partition coefficient (Wildman–Crippen LogP) is 1.22. The third-order valence-electron chi connectivity index (χ3n) is 2.35. The summed E-state index contributed by atoms with van der Waals surface area (Å²) in [5.41, 5.74) is 0.677. The highest BCUT2D eigenvalue weighted by atomic mass is 19.1. The van der Waals surface area contributed by atoms with Crippen molar-refractivity contribution in [3.05, 3.63) is 47.5 Å². The van der Waals surface area contributed by atoms with Gasteiger partial charge >= 0.3 is 0 Å². The van der Waals surface area contributed by atoms with Crippen LogP contribution in [-0.4, -0.2) is 33.3 Å². The highest BCUT2D eigenvalue weighted by Gasteiger charge is 2.15. The Balaban J connectivity index is 2.10. The Morgan fingerprint density at radius 1 is 1.47 bits per heavy atom. The van der Waals surface area contributed by atoms with Crippen molar-refractivity contribution in [3.8, 4) is 0 Å². The molecule has 0 aliphatic carbocycles. The van der Waals surface area contributed by atoms with E-state index in [9.17, 15) is 9.18 Å². The molecule has 0 saturated carbocycles. The Kier molecular flexibility index (Phi) is 3.13. The van der Waals surface area contributed by atoms with Crippen LogP contribution in [0.3, 0.4) is 0 Å². The normalized spacial score (nSPS) is 10.2. The smallest absolute Gasteiger partial charge is 0.276 e. The van der Waals surface area contributed by atoms with Gasteiger partial charge in [0.25, 0.3) is 5.91 Å². The lowest BCUT2D eigenvalue weighted by molar-refractivity contribution is 0.0778. The number of carbonyl (C=O) groups is 1. The Bertz CT molecular complexity index is 512. The molecule has 0 aliphatic rings. The molecule has 88 valence electrons. The maximum Gasteiger partial charge on any atom is 0.276 e. The molecular formula is C11H11FN4O. The molecule has 0 fully saturated rings. The topological polar surface area (TPSA) is 61.9 Å². The molecule has 1 heterocycles. The number of halogens is 1. The van der Waals surface area contributed by atoms with E-state index in [4.69, 9.17) is 0 Å². The van der Waals surface area contributed by atoms with Gasteiger partial charge < -0.3 is 4.90 Å². The average molecular weight is 234 g/mol. The van der Waals surface area contributed by atoms with E-state index in [1.54, 1.807) is 25.2 Å². The lowest BCUT2D eigenvalue weighted by atomic mass is 10.2. The van der Waals surface area contributed by atoms with Crippen molar-refractivity contribution in [1.29, 1.82) is 0 Å². The minimum absolute atomic E-state index is 0.193. The third-order valence-corrected chi connectivity index (χ3v) is 2.35. The van der Waals surface area contributed by atoms with Gasteiger partial charge in [-0.2, -0.15) is 15.4 Å². The fourth-order valence-corrected chi connectivity index (χ4v) is 1.45. The van der Waals surface area contributed by atoms with Crippen molar-refractivity contribution < 1.29 is 9.18 Å². The van der Waals surface area contributed by atoms with Crippen molar-refractivity contribution in [1.82, 2.24) is 20.3 Å². The minimum atomic E-state index is -0.327. The van der Waals surface area contributed by atoms with Gasteiger partial charge in [0.15, 0.2) is 5.69 Å². The van der Waals surface area contributed by atoms with E-state index >= 15 is 0 Å². The molecule has 1 aromatic heterocycles. The van der Waals surface area contributed by atoms with Crippen LogP contribution in [0.5, 0.6) is 0 Å². The summed E-state index contributed by atoms with van der Waals surface area (Å²) >= 11 is 0. The quantitative estimate of drug-likeness (QED) is 0.868. The van der Waals surface area contributed by atoms with E-state index in [0.29, 0.717) is 5.56 Å². The molecule has 2 aromatic rings. The zero-order valence-corrected chi connectivity index (χ0v) is 9.22. The number of H-pyrrole nitrogens is 1. The van der Waals surface area contributed by atoms with Gasteiger partial charge in [0.1, 0.15) is 5.82 Å². The van der Waals surface area contributed by atoms with Crippen molar-refractivity contribution in [2.24, 2.45) is 0 Å². The molecule has 0 saturated heterocycles. The van der Waals surface area contributed by atoms with Gasteiger partial charge in [-0.1, -0.05) is 18.2 Å². The van der Waals surface area contributed by atoms with E-state index in [1.165, 1.54) is 17.2 Å². The van der Waals surface area contributed by atoms with Crippen LogP contribution in [-0.2, 0) is 6.54 Å². The zero-order chi connectivity index (χ0) is 12.3. The molecule has 0 spiro atoms. The van der Waals surface area contributed by atoms with Crippen LogP contribution < -0.4 is 0 Å². The molecule has 5 nitrogen and oxygen atoms in total. The van der Waals surface area contributed by atoms with Crippen LogP contribution >= 0.6 is 0 Å². The second kappa shape index (κ2) is 4.73. The van der Waals surface area contributed by atoms with Crippen LogP contribution in [0.25, 0.3) is 0 Å². The number of nitrogens with one attached hydrogen (secondary N) is 1. The van der Waals surface area contributed by atoms with E-state index < -0.39 is 0 Å². The monoisotopic (exact) mass is 234 g/mol. The SMILES string of the molecule is CN(Cc1ccccc1F)C(=O)c1cn[nH]n1. The first-order valence-electron chi connectivity index (χ1n) is 5.03. The largest absolute Gasteiger partial charge is 0.336 e. The lowest BCUT2D eigenvalue weighted by Crippen LogP contribution is -2.26. The van der Waals surface area contributed by atoms with E-state index in [2.05, 4.69) is 15.4 Å². The van der Waals surface area contributed by atoms with E-state index in [-0.39, 0.29) is 24.0 Å². The summed E-state index contributed by atoms with van der Waals surface area (Å²) in [6, 6.07) is 6.34. The fraction of sp³-hybridized carbons (Fsp3) is 0.182. The summed E-state index contributed by atoms with van der Waals surface area (Å²) in [6.45, 7) is 0.193. The van der Waals surface area contributed by atoms with Crippen LogP contribution in [0.15, 0.2) is 30.5 Å². The summed E-state index contributed by atoms with van der Waals surface area (Å²) in [7, 11) is 1.59. The van der Waals surface area contributed by atoms with Crippen molar-refractivity contribution in [3.63, 3.8) is 0 Å². The summed E-state index contributed by atoms with van der Waals surface area (Å²) in [6.07, 6.45) is 1.33. The van der Waals surface area contributed by atoms with Crippen molar-refractivity contribution in [2.75, 3.05) is 7.05 Å². The molecule has 1 amide bonds. The first-order chi connectivity index (χ1) is 8.18. The number of aromatic amines is 1. The highest BCUT2D eigenvalue weighted by Crippen LogP contribution is 2.10. The number of amides is 1. The summed E-state index contributed by atoms with van der Waals surface area (Å²) in [5.74, 6) is -0.630. The lowest BCUT2D eigenvalue weighted by Gasteiger charge is -2.15. The van der Waals surface area contributed by atoms with Gasteiger partial charge in [0, 0.05) is 19.2 Å². The Hall–Kier alpha value is -2.24. The molecule has 0 aliphatic heterocycles. The highest BCUT2D eigenvalue weighted by molar-refractivity contribution is 5.91. The molecule has 1 aromatic carbocycles. The van der Waals surface area contributed by atoms with Gasteiger partial charge in [-0.15, -0.1) is 0 Å². The maximum atomic E-state index is 13.4. The molecule has 6 heteroatoms. The molecule has 17 heavy (non-hydrogen) atoms. The van der Waals surface area contributed by atoms with Crippen molar-refractivity contribution in [2.45, 2.75) is 6.54 Å². The second-order valence-corrected chi connectivity index (χ2v) is 3.61. The first-order valence-corrected chi connectivity index (χ1v) is 5.03. The number of hydrogen-bond donors (Lipinski definition) is 1. The number of rotatable bonds is 3. The van der Waals surface area contributed by atoms with Gasteiger partial charge in [0.05, 0.1) is 6.20 Å². The summed E-state index contributed by atoms with van der Waals surface area (Å²) in [4.78, 5) is 13.2. The number of nitrogens with zero attached hydrogens (tertiary/aromatic N) is 3. The van der Waals surface area contributed by atoms with Gasteiger partial charge in [0.2, 0.25) is 0 Å². The Morgan fingerprint density at radius 2 is 2.24 bits per heavy atom. The standard InChI is InChI=1S/C11H11FN4O/c1-16(11(17)10-6-13-15-14-10)7-8-4-2-3-5-9(8)12/h2-6H,7H2,1H3,(H,13,14,15). The van der Waals surface area contributed by atoms with Crippen LogP contribution in [0.2, 0.25) is 0 Å². The molecule has 0 unspecified atom stereocenters. The molecule has 0 atom stereocenters. The van der Waals surface area contributed by atoms with Gasteiger partial charge in [-0.3, -0.25) is 4.79 Å². The molecule has 2 rings (SSSR count). The first kappa shape index (κ1) is 11.3. The van der Waals surface area contributed by atoms with Gasteiger partial charge in [-0.05, 0) is 6.07 Å². The van der Waals surface area contributed by atoms with Crippen LogP contribution in [0.4, 0.5) is 4.39 Å². The number of aromatic nitrogens is 3. The predicted molar refractivity (Wildman–Crippen MR) is 58.6 cm³/mol. The van der Waals surface area contributed by atoms with E-state index in [0.717, 1.165) is 0 Å². The van der Waals surface area contributed by atoms with Crippen LogP contribution in [0.1, 0.15) is 16.1 Å². The van der Waals surface area contributed by atoms with Gasteiger partial charge in [-0.25, -0.2) is 4.39 Å². The molecule has 0 radical (unpaired) electrons. The molecule has 0 bridgehead atoms. The number of benzene rings is 1. The van der Waals surface area contributed by atoms with Crippen LogP contribution in [0, 0.1) is 5.82 Å². The number of hydrogen-bond acceptors (Lipinski definition) is 3. The van der Waals surface area contributed by atoms with Crippen molar-refractivity contribution >= 4 is 5.91 Å². The summed E-state index contributed by atoms with van der Waals surface area (Å²) < 4.78 is 13.4. The maximum absolute atomic E-state index is 13.4. The summed E-state index contributed by atoms with van der Waals surface area (Å²) in [5, 5.41) is 9.59. The minimum Gasteiger partial charge on any atom is -0.336 e. The van der Waals surface area contributed by atoms with E-state index in [1.807, 2.05) is 0 Å². The third kappa shape index (κ3) is 2.47. The molecule has 1 N–H and O–H groups in total. The zero-order valence-electron chi connectivity index (χ0n) is 9.22. The fourth-order valence-electron chi connectivity index (χ4n) is 1.45.